The summed E-state index contributed by atoms with van der Waals surface area (Å²) in [6, 6.07) is 16.8. The van der Waals surface area contributed by atoms with Gasteiger partial charge in [0.05, 0.1) is 17.6 Å². The van der Waals surface area contributed by atoms with Crippen molar-refractivity contribution in [3.63, 3.8) is 0 Å². The van der Waals surface area contributed by atoms with Crippen LogP contribution in [0.3, 0.4) is 0 Å². The van der Waals surface area contributed by atoms with Crippen LogP contribution in [0.5, 0.6) is 0 Å². The van der Waals surface area contributed by atoms with Gasteiger partial charge in [-0.1, -0.05) is 24.3 Å². The number of aliphatic imine (C=N–C) groups is 1. The fraction of sp³-hybridized carbons (Fsp3) is 0.391. The number of benzene rings is 2. The summed E-state index contributed by atoms with van der Waals surface area (Å²) in [6.07, 6.45) is 1.00. The van der Waals surface area contributed by atoms with E-state index < -0.39 is 0 Å². The van der Waals surface area contributed by atoms with Gasteiger partial charge in [0.15, 0.2) is 5.96 Å². The Labute approximate surface area is 173 Å². The molecule has 1 aromatic heterocycles. The molecule has 0 unspecified atom stereocenters. The quantitative estimate of drug-likeness (QED) is 0.350. The maximum atomic E-state index is 4.72. The lowest BCUT2D eigenvalue weighted by atomic mass is 10.2. The molecular weight excluding hydrogens is 360 g/mol. The predicted molar refractivity (Wildman–Crippen MR) is 123 cm³/mol. The fourth-order valence-corrected chi connectivity index (χ4v) is 3.33. The molecule has 3 rings (SSSR count). The van der Waals surface area contributed by atoms with Crippen LogP contribution in [0.25, 0.3) is 11.0 Å². The minimum atomic E-state index is 0.661. The van der Waals surface area contributed by atoms with E-state index in [4.69, 9.17) is 4.99 Å². The Morgan fingerprint density at radius 2 is 1.83 bits per heavy atom. The molecular formula is C23H32N6. The Balaban J connectivity index is 1.53. The number of guanidine groups is 1. The Kier molecular flexibility index (Phi) is 7.11. The molecule has 154 valence electrons. The van der Waals surface area contributed by atoms with Crippen LogP contribution in [-0.4, -0.2) is 42.7 Å². The maximum absolute atomic E-state index is 4.72. The van der Waals surface area contributed by atoms with Crippen molar-refractivity contribution >= 4 is 22.7 Å². The summed E-state index contributed by atoms with van der Waals surface area (Å²) in [6.45, 7) is 7.46. The smallest absolute Gasteiger partial charge is 0.191 e. The zero-order valence-electron chi connectivity index (χ0n) is 17.9. The molecule has 1 heterocycles. The van der Waals surface area contributed by atoms with Gasteiger partial charge in [0.1, 0.15) is 5.82 Å². The molecule has 6 heteroatoms. The van der Waals surface area contributed by atoms with Crippen molar-refractivity contribution in [1.82, 2.24) is 20.2 Å². The minimum Gasteiger partial charge on any atom is -0.378 e. The van der Waals surface area contributed by atoms with Gasteiger partial charge in [0.25, 0.3) is 0 Å². The van der Waals surface area contributed by atoms with Gasteiger partial charge >= 0.3 is 0 Å². The average molecular weight is 393 g/mol. The van der Waals surface area contributed by atoms with Crippen molar-refractivity contribution < 1.29 is 0 Å². The lowest BCUT2D eigenvalue weighted by Gasteiger charge is -2.13. The Morgan fingerprint density at radius 3 is 2.55 bits per heavy atom. The Hall–Kier alpha value is -3.02. The number of nitrogens with zero attached hydrogens (tertiary/aromatic N) is 4. The second-order valence-corrected chi connectivity index (χ2v) is 7.34. The number of aromatic nitrogens is 2. The van der Waals surface area contributed by atoms with E-state index in [-0.39, 0.29) is 0 Å². The van der Waals surface area contributed by atoms with Crippen LogP contribution in [0.1, 0.15) is 24.7 Å². The van der Waals surface area contributed by atoms with Crippen molar-refractivity contribution in [3.05, 3.63) is 59.9 Å². The summed E-state index contributed by atoms with van der Waals surface area (Å²) in [5.74, 6) is 1.92. The van der Waals surface area contributed by atoms with Gasteiger partial charge in [-0.2, -0.15) is 0 Å². The second kappa shape index (κ2) is 9.96. The molecule has 3 aromatic rings. The van der Waals surface area contributed by atoms with Gasteiger partial charge in [-0.15, -0.1) is 0 Å². The predicted octanol–water partition coefficient (Wildman–Crippen LogP) is 3.56. The first kappa shape index (κ1) is 20.7. The van der Waals surface area contributed by atoms with Crippen LogP contribution in [-0.2, 0) is 13.1 Å². The second-order valence-electron chi connectivity index (χ2n) is 7.34. The highest BCUT2D eigenvalue weighted by Gasteiger charge is 2.06. The summed E-state index contributed by atoms with van der Waals surface area (Å²) in [5.41, 5.74) is 4.67. The SMILES string of the molecule is CCNC(=NCc1ccc(N(C)C)cc1)NCCCn1c(C)nc2ccccc21. The van der Waals surface area contributed by atoms with Crippen molar-refractivity contribution in [2.24, 2.45) is 4.99 Å². The first-order valence-electron chi connectivity index (χ1n) is 10.3. The molecule has 0 bridgehead atoms. The molecule has 0 spiro atoms. The normalized spacial score (nSPS) is 11.7. The third kappa shape index (κ3) is 5.50. The number of aryl methyl sites for hydroxylation is 2. The van der Waals surface area contributed by atoms with Gasteiger partial charge in [0.2, 0.25) is 0 Å². The Morgan fingerprint density at radius 1 is 1.07 bits per heavy atom. The van der Waals surface area contributed by atoms with Gasteiger partial charge in [0, 0.05) is 39.4 Å². The zero-order valence-corrected chi connectivity index (χ0v) is 17.9. The zero-order chi connectivity index (χ0) is 20.6. The molecule has 2 aromatic carbocycles. The third-order valence-corrected chi connectivity index (χ3v) is 4.91. The number of nitrogens with one attached hydrogen (secondary N) is 2. The minimum absolute atomic E-state index is 0.661. The molecule has 2 N–H and O–H groups in total. The van der Waals surface area contributed by atoms with Crippen LogP contribution in [0.15, 0.2) is 53.5 Å². The van der Waals surface area contributed by atoms with E-state index in [2.05, 4.69) is 95.5 Å². The number of rotatable bonds is 8. The largest absolute Gasteiger partial charge is 0.378 e. The lowest BCUT2D eigenvalue weighted by Crippen LogP contribution is -2.38. The highest BCUT2D eigenvalue weighted by molar-refractivity contribution is 5.79. The van der Waals surface area contributed by atoms with Crippen molar-refractivity contribution in [1.29, 1.82) is 0 Å². The highest BCUT2D eigenvalue weighted by Crippen LogP contribution is 2.15. The van der Waals surface area contributed by atoms with Crippen LogP contribution in [0.2, 0.25) is 0 Å². The van der Waals surface area contributed by atoms with Gasteiger partial charge in [-0.3, -0.25) is 0 Å². The summed E-state index contributed by atoms with van der Waals surface area (Å²) in [7, 11) is 4.10. The number of imidazole rings is 1. The number of para-hydroxylation sites is 2. The maximum Gasteiger partial charge on any atom is 0.191 e. The van der Waals surface area contributed by atoms with Crippen molar-refractivity contribution in [2.75, 3.05) is 32.1 Å². The van der Waals surface area contributed by atoms with E-state index in [9.17, 15) is 0 Å². The standard InChI is InChI=1S/C23H32N6/c1-5-24-23(26-17-19-11-13-20(14-12-19)28(3)4)25-15-8-16-29-18(2)27-21-9-6-7-10-22(21)29/h6-7,9-14H,5,8,15-17H2,1-4H3,(H2,24,25,26). The van der Waals surface area contributed by atoms with E-state index in [0.717, 1.165) is 43.4 Å². The van der Waals surface area contributed by atoms with E-state index in [1.165, 1.54) is 16.8 Å². The molecule has 0 aliphatic carbocycles. The number of anilines is 1. The topological polar surface area (TPSA) is 57.5 Å². The number of hydrogen-bond acceptors (Lipinski definition) is 3. The van der Waals surface area contributed by atoms with Crippen LogP contribution < -0.4 is 15.5 Å². The summed E-state index contributed by atoms with van der Waals surface area (Å²) >= 11 is 0. The molecule has 0 saturated carbocycles. The number of fused-ring (bicyclic) bond motifs is 1. The summed E-state index contributed by atoms with van der Waals surface area (Å²) < 4.78 is 2.29. The molecule has 0 saturated heterocycles. The molecule has 0 radical (unpaired) electrons. The molecule has 0 aliphatic heterocycles. The molecule has 0 atom stereocenters. The van der Waals surface area contributed by atoms with Gasteiger partial charge in [-0.05, 0) is 50.1 Å². The van der Waals surface area contributed by atoms with Crippen molar-refractivity contribution in [2.45, 2.75) is 33.4 Å². The van der Waals surface area contributed by atoms with E-state index in [1.54, 1.807) is 0 Å². The number of hydrogen-bond donors (Lipinski definition) is 2. The molecule has 29 heavy (non-hydrogen) atoms. The first-order valence-corrected chi connectivity index (χ1v) is 10.3. The molecule has 0 aliphatic rings. The summed E-state index contributed by atoms with van der Waals surface area (Å²) in [5, 5.41) is 6.78. The fourth-order valence-electron chi connectivity index (χ4n) is 3.33. The van der Waals surface area contributed by atoms with Crippen LogP contribution >= 0.6 is 0 Å². The van der Waals surface area contributed by atoms with Gasteiger partial charge < -0.3 is 20.1 Å². The van der Waals surface area contributed by atoms with E-state index in [0.29, 0.717) is 6.54 Å². The lowest BCUT2D eigenvalue weighted by molar-refractivity contribution is 0.624. The van der Waals surface area contributed by atoms with Crippen LogP contribution in [0, 0.1) is 6.92 Å². The van der Waals surface area contributed by atoms with Crippen LogP contribution in [0.4, 0.5) is 5.69 Å². The highest BCUT2D eigenvalue weighted by atomic mass is 15.2. The molecule has 0 amide bonds. The molecule has 6 nitrogen and oxygen atoms in total. The van der Waals surface area contributed by atoms with E-state index >= 15 is 0 Å². The third-order valence-electron chi connectivity index (χ3n) is 4.91. The van der Waals surface area contributed by atoms with E-state index in [1.807, 2.05) is 6.07 Å². The van der Waals surface area contributed by atoms with Gasteiger partial charge in [-0.25, -0.2) is 9.98 Å². The monoisotopic (exact) mass is 392 g/mol. The summed E-state index contributed by atoms with van der Waals surface area (Å²) in [4.78, 5) is 11.5. The first-order chi connectivity index (χ1) is 14.1. The Bertz CT molecular complexity index is 940. The molecule has 0 fully saturated rings. The average Bonchev–Trinajstić information content (AvgIpc) is 3.04. The van der Waals surface area contributed by atoms with Crippen molar-refractivity contribution in [3.8, 4) is 0 Å².